The molecule has 2 heterocycles. The van der Waals surface area contributed by atoms with Crippen LogP contribution in [0.15, 0.2) is 42.7 Å². The van der Waals surface area contributed by atoms with Crippen LogP contribution in [0.25, 0.3) is 0 Å². The quantitative estimate of drug-likeness (QED) is 0.733. The molecule has 6 heteroatoms. The van der Waals surface area contributed by atoms with Crippen LogP contribution in [0.3, 0.4) is 0 Å². The number of aromatic nitrogens is 1. The number of carbonyl (C=O) groups excluding carboxylic acids is 2. The third-order valence-corrected chi connectivity index (χ3v) is 3.69. The minimum Gasteiger partial charge on any atom is -0.367 e. The van der Waals surface area contributed by atoms with Gasteiger partial charge in [-0.05, 0) is 18.2 Å². The molecule has 1 aromatic carbocycles. The topological polar surface area (TPSA) is 74.0 Å². The van der Waals surface area contributed by atoms with Crippen molar-refractivity contribution < 1.29 is 9.59 Å². The molecule has 3 rings (SSSR count). The van der Waals surface area contributed by atoms with Crippen LogP contribution in [0.4, 0.5) is 0 Å². The van der Waals surface area contributed by atoms with Crippen molar-refractivity contribution in [1.29, 1.82) is 0 Å². The van der Waals surface area contributed by atoms with Crippen molar-refractivity contribution in [2.75, 3.05) is 19.6 Å². The number of H-pyrrole nitrogens is 1. The molecule has 0 unspecified atom stereocenters. The molecule has 0 atom stereocenters. The van der Waals surface area contributed by atoms with E-state index >= 15 is 0 Å². The number of aromatic amines is 1. The number of halogens is 1. The number of benzene rings is 1. The van der Waals surface area contributed by atoms with Crippen LogP contribution in [0, 0.1) is 5.92 Å². The average molecular weight is 320 g/mol. The predicted molar refractivity (Wildman–Crippen MR) is 86.6 cm³/mol. The molecule has 0 radical (unpaired) electrons. The summed E-state index contributed by atoms with van der Waals surface area (Å²) in [6.07, 6.45) is 3.37. The Bertz CT molecular complexity index is 634. The van der Waals surface area contributed by atoms with Gasteiger partial charge in [0.1, 0.15) is 0 Å². The lowest BCUT2D eigenvalue weighted by molar-refractivity contribution is 0.0941. The van der Waals surface area contributed by atoms with E-state index in [1.807, 2.05) is 0 Å². The molecule has 0 saturated carbocycles. The molecule has 3 N–H and O–H groups in total. The number of rotatable bonds is 5. The van der Waals surface area contributed by atoms with Crippen LogP contribution in [0.5, 0.6) is 0 Å². The number of hydrogen-bond acceptors (Lipinski definition) is 3. The smallest absolute Gasteiger partial charge is 0.251 e. The third-order valence-electron chi connectivity index (χ3n) is 3.69. The molecule has 0 bridgehead atoms. The zero-order valence-corrected chi connectivity index (χ0v) is 12.8. The van der Waals surface area contributed by atoms with Gasteiger partial charge in [0.05, 0.1) is 0 Å². The van der Waals surface area contributed by atoms with Crippen LogP contribution in [0.2, 0.25) is 0 Å². The molecule has 1 aliphatic heterocycles. The Morgan fingerprint density at radius 1 is 1.05 bits per heavy atom. The van der Waals surface area contributed by atoms with Gasteiger partial charge < -0.3 is 15.6 Å². The SMILES string of the molecule is Cl.O=C(NCC1CNC1)c1ccc(C(=O)c2cc[nH]c2)cc1. The minimum atomic E-state index is -0.0949. The summed E-state index contributed by atoms with van der Waals surface area (Å²) in [5.74, 6) is 0.384. The van der Waals surface area contributed by atoms with Gasteiger partial charge in [-0.15, -0.1) is 12.4 Å². The van der Waals surface area contributed by atoms with E-state index in [0.717, 1.165) is 13.1 Å². The summed E-state index contributed by atoms with van der Waals surface area (Å²) in [6, 6.07) is 8.49. The highest BCUT2D eigenvalue weighted by molar-refractivity contribution is 6.09. The lowest BCUT2D eigenvalue weighted by atomic mass is 10.0. The van der Waals surface area contributed by atoms with Gasteiger partial charge in [-0.2, -0.15) is 0 Å². The van der Waals surface area contributed by atoms with E-state index in [0.29, 0.717) is 29.2 Å². The second-order valence-corrected chi connectivity index (χ2v) is 5.24. The van der Waals surface area contributed by atoms with E-state index in [1.54, 1.807) is 42.7 Å². The zero-order valence-electron chi connectivity index (χ0n) is 12.0. The van der Waals surface area contributed by atoms with Crippen molar-refractivity contribution in [3.05, 3.63) is 59.4 Å². The summed E-state index contributed by atoms with van der Waals surface area (Å²) in [7, 11) is 0. The largest absolute Gasteiger partial charge is 0.367 e. The van der Waals surface area contributed by atoms with Gasteiger partial charge in [-0.3, -0.25) is 9.59 Å². The van der Waals surface area contributed by atoms with Gasteiger partial charge in [0.15, 0.2) is 5.78 Å². The second kappa shape index (κ2) is 7.24. The molecule has 1 fully saturated rings. The van der Waals surface area contributed by atoms with Gasteiger partial charge in [-0.25, -0.2) is 0 Å². The monoisotopic (exact) mass is 319 g/mol. The zero-order chi connectivity index (χ0) is 14.7. The van der Waals surface area contributed by atoms with E-state index in [1.165, 1.54) is 0 Å². The highest BCUT2D eigenvalue weighted by Gasteiger charge is 2.17. The summed E-state index contributed by atoms with van der Waals surface area (Å²) in [6.45, 7) is 2.62. The van der Waals surface area contributed by atoms with Crippen molar-refractivity contribution in [2.45, 2.75) is 0 Å². The van der Waals surface area contributed by atoms with Crippen molar-refractivity contribution in [2.24, 2.45) is 5.92 Å². The summed E-state index contributed by atoms with van der Waals surface area (Å²) in [5, 5.41) is 6.07. The summed E-state index contributed by atoms with van der Waals surface area (Å²) in [4.78, 5) is 27.0. The van der Waals surface area contributed by atoms with E-state index in [2.05, 4.69) is 15.6 Å². The molecular weight excluding hydrogens is 302 g/mol. The normalized spacial score (nSPS) is 13.8. The van der Waals surface area contributed by atoms with E-state index in [4.69, 9.17) is 0 Å². The van der Waals surface area contributed by atoms with Crippen molar-refractivity contribution in [3.8, 4) is 0 Å². The fourth-order valence-corrected chi connectivity index (χ4v) is 2.24. The first kappa shape index (κ1) is 16.3. The number of carbonyl (C=O) groups is 2. The Hall–Kier alpha value is -2.11. The number of ketones is 1. The maximum Gasteiger partial charge on any atom is 0.251 e. The lowest BCUT2D eigenvalue weighted by Crippen LogP contribution is -2.48. The summed E-state index contributed by atoms with van der Waals surface area (Å²) < 4.78 is 0. The molecule has 1 saturated heterocycles. The van der Waals surface area contributed by atoms with E-state index < -0.39 is 0 Å². The number of amides is 1. The van der Waals surface area contributed by atoms with Gasteiger partial charge in [-0.1, -0.05) is 12.1 Å². The Morgan fingerprint density at radius 2 is 1.73 bits per heavy atom. The fourth-order valence-electron chi connectivity index (χ4n) is 2.24. The molecular formula is C16H18ClN3O2. The predicted octanol–water partition coefficient (Wildman–Crippen LogP) is 1.62. The maximum absolute atomic E-state index is 12.1. The molecule has 0 spiro atoms. The average Bonchev–Trinajstić information content (AvgIpc) is 2.99. The molecule has 1 amide bonds. The van der Waals surface area contributed by atoms with Crippen LogP contribution in [0.1, 0.15) is 26.3 Å². The molecule has 5 nitrogen and oxygen atoms in total. The molecule has 1 aromatic heterocycles. The highest BCUT2D eigenvalue weighted by Crippen LogP contribution is 2.11. The first-order chi connectivity index (χ1) is 10.2. The number of hydrogen-bond donors (Lipinski definition) is 3. The van der Waals surface area contributed by atoms with Gasteiger partial charge in [0, 0.05) is 54.6 Å². The molecule has 0 aliphatic carbocycles. The minimum absolute atomic E-state index is 0. The van der Waals surface area contributed by atoms with Crippen molar-refractivity contribution >= 4 is 24.1 Å². The van der Waals surface area contributed by atoms with Crippen LogP contribution >= 0.6 is 12.4 Å². The molecule has 22 heavy (non-hydrogen) atoms. The van der Waals surface area contributed by atoms with Crippen molar-refractivity contribution in [1.82, 2.24) is 15.6 Å². The standard InChI is InChI=1S/C16H17N3O2.ClH/c20-15(14-5-6-17-10-14)12-1-3-13(4-2-12)16(21)19-9-11-7-18-8-11;/h1-6,10-11,17-18H,7-9H2,(H,19,21);1H. The Balaban J connectivity index is 0.00000176. The van der Waals surface area contributed by atoms with E-state index in [-0.39, 0.29) is 24.1 Å². The van der Waals surface area contributed by atoms with Gasteiger partial charge >= 0.3 is 0 Å². The van der Waals surface area contributed by atoms with Gasteiger partial charge in [0.2, 0.25) is 0 Å². The Labute approximate surface area is 134 Å². The van der Waals surface area contributed by atoms with Gasteiger partial charge in [0.25, 0.3) is 5.91 Å². The van der Waals surface area contributed by atoms with Crippen LogP contribution < -0.4 is 10.6 Å². The Morgan fingerprint density at radius 3 is 2.27 bits per heavy atom. The first-order valence-electron chi connectivity index (χ1n) is 7.00. The second-order valence-electron chi connectivity index (χ2n) is 5.24. The van der Waals surface area contributed by atoms with Crippen LogP contribution in [-0.2, 0) is 0 Å². The van der Waals surface area contributed by atoms with Crippen molar-refractivity contribution in [3.63, 3.8) is 0 Å². The lowest BCUT2D eigenvalue weighted by Gasteiger charge is -2.27. The van der Waals surface area contributed by atoms with Crippen LogP contribution in [-0.4, -0.2) is 36.3 Å². The molecule has 116 valence electrons. The maximum atomic E-state index is 12.1. The molecule has 2 aromatic rings. The summed E-state index contributed by atoms with van der Waals surface area (Å²) >= 11 is 0. The number of nitrogens with one attached hydrogen (secondary N) is 3. The Kier molecular flexibility index (Phi) is 5.35. The first-order valence-corrected chi connectivity index (χ1v) is 7.00. The third kappa shape index (κ3) is 3.55. The molecule has 1 aliphatic rings. The fraction of sp³-hybridized carbons (Fsp3) is 0.250. The highest BCUT2D eigenvalue weighted by atomic mass is 35.5. The van der Waals surface area contributed by atoms with E-state index in [9.17, 15) is 9.59 Å². The summed E-state index contributed by atoms with van der Waals surface area (Å²) in [5.41, 5.74) is 1.77.